The second-order valence-electron chi connectivity index (χ2n) is 3.74. The summed E-state index contributed by atoms with van der Waals surface area (Å²) in [6.07, 6.45) is 0. The van der Waals surface area contributed by atoms with Crippen molar-refractivity contribution in [3.63, 3.8) is 0 Å². The van der Waals surface area contributed by atoms with Gasteiger partial charge in [-0.3, -0.25) is 0 Å². The molecule has 1 aromatic rings. The molecule has 0 aromatic heterocycles. The first-order chi connectivity index (χ1) is 7.13. The standard InChI is InChI=1S/C11H18BrN3/c1-15(2)6-5-14-11-4-3-10(12)7-9(11)8-13/h3-4,7,14H,5-6,8,13H2,1-2H3. The van der Waals surface area contributed by atoms with Crippen LogP contribution >= 0.6 is 15.9 Å². The zero-order valence-corrected chi connectivity index (χ0v) is 10.8. The monoisotopic (exact) mass is 271 g/mol. The molecule has 0 amide bonds. The Morgan fingerprint density at radius 1 is 1.40 bits per heavy atom. The lowest BCUT2D eigenvalue weighted by Gasteiger charge is -2.14. The first kappa shape index (κ1) is 12.5. The van der Waals surface area contributed by atoms with E-state index in [0.717, 1.165) is 28.8 Å². The number of nitrogens with zero attached hydrogens (tertiary/aromatic N) is 1. The fourth-order valence-corrected chi connectivity index (χ4v) is 1.73. The molecule has 1 aromatic carbocycles. The molecule has 84 valence electrons. The molecule has 1 rings (SSSR count). The summed E-state index contributed by atoms with van der Waals surface area (Å²) in [5, 5.41) is 3.38. The number of hydrogen-bond donors (Lipinski definition) is 2. The number of anilines is 1. The highest BCUT2D eigenvalue weighted by Crippen LogP contribution is 2.20. The van der Waals surface area contributed by atoms with Gasteiger partial charge in [-0.25, -0.2) is 0 Å². The van der Waals surface area contributed by atoms with Gasteiger partial charge in [0.05, 0.1) is 0 Å². The average molecular weight is 272 g/mol. The summed E-state index contributed by atoms with van der Waals surface area (Å²) in [6.45, 7) is 2.51. The summed E-state index contributed by atoms with van der Waals surface area (Å²) in [7, 11) is 4.13. The number of halogens is 1. The minimum Gasteiger partial charge on any atom is -0.383 e. The van der Waals surface area contributed by atoms with Gasteiger partial charge in [-0.1, -0.05) is 15.9 Å². The Balaban J connectivity index is 2.60. The van der Waals surface area contributed by atoms with Gasteiger partial charge in [0.25, 0.3) is 0 Å². The van der Waals surface area contributed by atoms with Crippen molar-refractivity contribution in [2.45, 2.75) is 6.54 Å². The van der Waals surface area contributed by atoms with Crippen LogP contribution in [0.15, 0.2) is 22.7 Å². The maximum Gasteiger partial charge on any atom is 0.0386 e. The van der Waals surface area contributed by atoms with E-state index in [0.29, 0.717) is 6.54 Å². The van der Waals surface area contributed by atoms with Crippen LogP contribution in [0.2, 0.25) is 0 Å². The van der Waals surface area contributed by atoms with Crippen LogP contribution in [0.25, 0.3) is 0 Å². The van der Waals surface area contributed by atoms with Crippen LogP contribution in [0, 0.1) is 0 Å². The van der Waals surface area contributed by atoms with Gasteiger partial charge < -0.3 is 16.0 Å². The fraction of sp³-hybridized carbons (Fsp3) is 0.455. The van der Waals surface area contributed by atoms with Gasteiger partial charge in [0.1, 0.15) is 0 Å². The van der Waals surface area contributed by atoms with Gasteiger partial charge in [0.15, 0.2) is 0 Å². The highest BCUT2D eigenvalue weighted by Gasteiger charge is 2.01. The van der Waals surface area contributed by atoms with Crippen LogP contribution in [-0.2, 0) is 6.54 Å². The summed E-state index contributed by atoms with van der Waals surface area (Å²) >= 11 is 3.44. The number of likely N-dealkylation sites (N-methyl/N-ethyl adjacent to an activating group) is 1. The lowest BCUT2D eigenvalue weighted by molar-refractivity contribution is 0.425. The molecule has 0 bridgehead atoms. The Hall–Kier alpha value is -0.580. The van der Waals surface area contributed by atoms with Gasteiger partial charge in [-0.2, -0.15) is 0 Å². The fourth-order valence-electron chi connectivity index (χ4n) is 1.32. The molecular weight excluding hydrogens is 254 g/mol. The average Bonchev–Trinajstić information content (AvgIpc) is 2.19. The smallest absolute Gasteiger partial charge is 0.0386 e. The van der Waals surface area contributed by atoms with E-state index < -0.39 is 0 Å². The normalized spacial score (nSPS) is 10.7. The van der Waals surface area contributed by atoms with Gasteiger partial charge >= 0.3 is 0 Å². The zero-order valence-electron chi connectivity index (χ0n) is 9.26. The molecular formula is C11H18BrN3. The second kappa shape index (κ2) is 6.10. The maximum absolute atomic E-state index is 5.68. The van der Waals surface area contributed by atoms with Gasteiger partial charge in [0.2, 0.25) is 0 Å². The molecule has 3 nitrogen and oxygen atoms in total. The topological polar surface area (TPSA) is 41.3 Å². The molecule has 4 heteroatoms. The summed E-state index contributed by atoms with van der Waals surface area (Å²) in [6, 6.07) is 6.14. The van der Waals surface area contributed by atoms with E-state index in [4.69, 9.17) is 5.73 Å². The van der Waals surface area contributed by atoms with Crippen molar-refractivity contribution >= 4 is 21.6 Å². The van der Waals surface area contributed by atoms with E-state index in [1.54, 1.807) is 0 Å². The predicted molar refractivity (Wildman–Crippen MR) is 69.1 cm³/mol. The minimum atomic E-state index is 0.559. The number of nitrogens with two attached hydrogens (primary N) is 1. The molecule has 0 aliphatic heterocycles. The lowest BCUT2D eigenvalue weighted by atomic mass is 10.2. The summed E-state index contributed by atoms with van der Waals surface area (Å²) in [5.41, 5.74) is 7.95. The van der Waals surface area contributed by atoms with Crippen LogP contribution in [-0.4, -0.2) is 32.1 Å². The number of rotatable bonds is 5. The molecule has 0 fully saturated rings. The van der Waals surface area contributed by atoms with Crippen molar-refractivity contribution < 1.29 is 0 Å². The highest BCUT2D eigenvalue weighted by molar-refractivity contribution is 9.10. The zero-order chi connectivity index (χ0) is 11.3. The predicted octanol–water partition coefficient (Wildman–Crippen LogP) is 1.88. The summed E-state index contributed by atoms with van der Waals surface area (Å²) in [4.78, 5) is 2.15. The minimum absolute atomic E-state index is 0.559. The van der Waals surface area contributed by atoms with E-state index in [1.165, 1.54) is 0 Å². The van der Waals surface area contributed by atoms with Crippen LogP contribution < -0.4 is 11.1 Å². The Morgan fingerprint density at radius 3 is 2.73 bits per heavy atom. The number of nitrogens with one attached hydrogen (secondary N) is 1. The van der Waals surface area contributed by atoms with Crippen LogP contribution in [0.1, 0.15) is 5.56 Å². The molecule has 0 saturated carbocycles. The van der Waals surface area contributed by atoms with Crippen molar-refractivity contribution in [3.8, 4) is 0 Å². The van der Waals surface area contributed by atoms with E-state index >= 15 is 0 Å². The number of benzene rings is 1. The molecule has 0 saturated heterocycles. The van der Waals surface area contributed by atoms with Crippen molar-refractivity contribution in [2.24, 2.45) is 5.73 Å². The highest BCUT2D eigenvalue weighted by atomic mass is 79.9. The van der Waals surface area contributed by atoms with Crippen molar-refractivity contribution in [3.05, 3.63) is 28.2 Å². The first-order valence-corrected chi connectivity index (χ1v) is 5.80. The molecule has 0 aliphatic rings. The van der Waals surface area contributed by atoms with Crippen LogP contribution in [0.4, 0.5) is 5.69 Å². The van der Waals surface area contributed by atoms with E-state index in [1.807, 2.05) is 6.07 Å². The van der Waals surface area contributed by atoms with Gasteiger partial charge in [0, 0.05) is 29.8 Å². The van der Waals surface area contributed by atoms with Crippen LogP contribution in [0.5, 0.6) is 0 Å². The summed E-state index contributed by atoms with van der Waals surface area (Å²) in [5.74, 6) is 0. The Kier molecular flexibility index (Phi) is 5.08. The van der Waals surface area contributed by atoms with E-state index in [9.17, 15) is 0 Å². The largest absolute Gasteiger partial charge is 0.383 e. The SMILES string of the molecule is CN(C)CCNc1ccc(Br)cc1CN. The third kappa shape index (κ3) is 4.20. The lowest BCUT2D eigenvalue weighted by Crippen LogP contribution is -2.21. The molecule has 0 heterocycles. The first-order valence-electron chi connectivity index (χ1n) is 5.00. The van der Waals surface area contributed by atoms with Crippen molar-refractivity contribution in [2.75, 3.05) is 32.5 Å². The molecule has 0 spiro atoms. The third-order valence-corrected chi connectivity index (χ3v) is 2.65. The van der Waals surface area contributed by atoms with Crippen molar-refractivity contribution in [1.29, 1.82) is 0 Å². The molecule has 0 aliphatic carbocycles. The maximum atomic E-state index is 5.68. The summed E-state index contributed by atoms with van der Waals surface area (Å²) < 4.78 is 1.07. The molecule has 15 heavy (non-hydrogen) atoms. The van der Waals surface area contributed by atoms with Gasteiger partial charge in [-0.05, 0) is 37.9 Å². The quantitative estimate of drug-likeness (QED) is 0.860. The molecule has 0 atom stereocenters. The van der Waals surface area contributed by atoms with Gasteiger partial charge in [-0.15, -0.1) is 0 Å². The Bertz CT molecular complexity index is 313. The Labute approximate surface area is 99.8 Å². The Morgan fingerprint density at radius 2 is 2.13 bits per heavy atom. The van der Waals surface area contributed by atoms with Crippen molar-refractivity contribution in [1.82, 2.24) is 4.90 Å². The van der Waals surface area contributed by atoms with E-state index in [2.05, 4.69) is 52.4 Å². The second-order valence-corrected chi connectivity index (χ2v) is 4.65. The van der Waals surface area contributed by atoms with Crippen LogP contribution in [0.3, 0.4) is 0 Å². The molecule has 0 radical (unpaired) electrons. The third-order valence-electron chi connectivity index (χ3n) is 2.16. The number of hydrogen-bond acceptors (Lipinski definition) is 3. The molecule has 3 N–H and O–H groups in total. The molecule has 0 unspecified atom stereocenters. The van der Waals surface area contributed by atoms with E-state index in [-0.39, 0.29) is 0 Å².